The van der Waals surface area contributed by atoms with Gasteiger partial charge in [-0.2, -0.15) is 4.39 Å². The normalized spacial score (nSPS) is 14.7. The van der Waals surface area contributed by atoms with E-state index in [4.69, 9.17) is 16.0 Å². The van der Waals surface area contributed by atoms with Crippen molar-refractivity contribution in [1.82, 2.24) is 19.8 Å². The fourth-order valence-corrected chi connectivity index (χ4v) is 4.32. The van der Waals surface area contributed by atoms with Gasteiger partial charge in [-0.1, -0.05) is 18.5 Å². The minimum atomic E-state index is -0.742. The average molecular weight is 459 g/mol. The molecule has 0 spiro atoms. The maximum Gasteiger partial charge on any atom is 0.274 e. The van der Waals surface area contributed by atoms with Crippen molar-refractivity contribution in [2.75, 3.05) is 19.6 Å². The summed E-state index contributed by atoms with van der Waals surface area (Å²) in [5.74, 6) is -0.651. The molecule has 3 heterocycles. The lowest BCUT2D eigenvalue weighted by atomic mass is 10.0. The topological polar surface area (TPSA) is 79.5 Å². The number of oxazole rings is 1. The largest absolute Gasteiger partial charge is 0.441 e. The molecule has 3 aromatic rings. The molecule has 0 N–H and O–H groups in total. The van der Waals surface area contributed by atoms with Crippen LogP contribution in [0.5, 0.6) is 0 Å². The Kier molecular flexibility index (Phi) is 6.41. The Labute approximate surface area is 190 Å². The summed E-state index contributed by atoms with van der Waals surface area (Å²) in [5.41, 5.74) is 1.78. The molecule has 0 radical (unpaired) electrons. The highest BCUT2D eigenvalue weighted by molar-refractivity contribution is 6.33. The van der Waals surface area contributed by atoms with Gasteiger partial charge in [0.2, 0.25) is 5.95 Å². The first-order valence-electron chi connectivity index (χ1n) is 10.7. The lowest BCUT2D eigenvalue weighted by molar-refractivity contribution is 0.0514. The quantitative estimate of drug-likeness (QED) is 0.526. The molecule has 0 aliphatic carbocycles. The Morgan fingerprint density at radius 3 is 2.69 bits per heavy atom. The minimum absolute atomic E-state index is 0.0747. The predicted molar refractivity (Wildman–Crippen MR) is 118 cm³/mol. The van der Waals surface area contributed by atoms with Crippen molar-refractivity contribution in [2.24, 2.45) is 0 Å². The van der Waals surface area contributed by atoms with E-state index in [1.807, 2.05) is 6.92 Å². The van der Waals surface area contributed by atoms with Crippen LogP contribution < -0.4 is 0 Å². The highest BCUT2D eigenvalue weighted by Crippen LogP contribution is 2.24. The number of aromatic nitrogens is 2. The smallest absolute Gasteiger partial charge is 0.274 e. The highest BCUT2D eigenvalue weighted by atomic mass is 35.5. The number of hydrogen-bond acceptors (Lipinski definition) is 5. The summed E-state index contributed by atoms with van der Waals surface area (Å²) in [6.07, 6.45) is 1.98. The summed E-state index contributed by atoms with van der Waals surface area (Å²) in [4.78, 5) is 37.5. The molecular weight excluding hydrogens is 435 g/mol. The monoisotopic (exact) mass is 458 g/mol. The third-order valence-corrected chi connectivity index (χ3v) is 5.98. The predicted octanol–water partition coefficient (Wildman–Crippen LogP) is 4.48. The standard InChI is InChI=1S/C23H24ClFN4O3/c1-3-10-29(23(31)21-17(24)5-7-20(25)27-21)16-8-11-28(12-9-16)22(30)15-4-6-18-19(13-15)32-14(2)26-18/h4-7,13,16H,3,8-12H2,1-2H3. The molecule has 4 rings (SSSR count). The van der Waals surface area contributed by atoms with Crippen molar-refractivity contribution in [1.29, 1.82) is 0 Å². The Hall–Kier alpha value is -3.00. The van der Waals surface area contributed by atoms with E-state index in [1.54, 1.807) is 34.9 Å². The van der Waals surface area contributed by atoms with Crippen LogP contribution in [-0.4, -0.2) is 57.3 Å². The van der Waals surface area contributed by atoms with Gasteiger partial charge in [0.25, 0.3) is 11.8 Å². The zero-order valence-corrected chi connectivity index (χ0v) is 18.7. The van der Waals surface area contributed by atoms with Gasteiger partial charge in [0, 0.05) is 38.2 Å². The summed E-state index contributed by atoms with van der Waals surface area (Å²) < 4.78 is 19.1. The minimum Gasteiger partial charge on any atom is -0.441 e. The number of rotatable bonds is 5. The lowest BCUT2D eigenvalue weighted by Gasteiger charge is -2.38. The van der Waals surface area contributed by atoms with Gasteiger partial charge < -0.3 is 14.2 Å². The summed E-state index contributed by atoms with van der Waals surface area (Å²) in [6, 6.07) is 7.65. The van der Waals surface area contributed by atoms with Crippen molar-refractivity contribution < 1.29 is 18.4 Å². The number of likely N-dealkylation sites (tertiary alicyclic amines) is 1. The molecule has 9 heteroatoms. The Balaban J connectivity index is 1.46. The summed E-state index contributed by atoms with van der Waals surface area (Å²) >= 11 is 6.11. The Morgan fingerprint density at radius 2 is 1.97 bits per heavy atom. The number of hydrogen-bond donors (Lipinski definition) is 0. The number of benzene rings is 1. The van der Waals surface area contributed by atoms with Crippen LogP contribution in [0.25, 0.3) is 11.1 Å². The molecule has 2 amide bonds. The number of piperidine rings is 1. The second kappa shape index (κ2) is 9.24. The number of carbonyl (C=O) groups excluding carboxylic acids is 2. The number of pyridine rings is 1. The van der Waals surface area contributed by atoms with E-state index in [-0.39, 0.29) is 28.6 Å². The molecule has 1 fully saturated rings. The van der Waals surface area contributed by atoms with Crippen molar-refractivity contribution in [3.05, 3.63) is 58.5 Å². The van der Waals surface area contributed by atoms with Crippen molar-refractivity contribution in [3.8, 4) is 0 Å². The first-order chi connectivity index (χ1) is 15.4. The van der Waals surface area contributed by atoms with Gasteiger partial charge in [0.1, 0.15) is 11.2 Å². The van der Waals surface area contributed by atoms with E-state index in [1.165, 1.54) is 6.07 Å². The number of aryl methyl sites for hydroxylation is 1. The maximum absolute atomic E-state index is 13.6. The van der Waals surface area contributed by atoms with Gasteiger partial charge in [-0.3, -0.25) is 9.59 Å². The van der Waals surface area contributed by atoms with Crippen LogP contribution in [0.15, 0.2) is 34.7 Å². The molecule has 1 aliphatic heterocycles. The molecule has 7 nitrogen and oxygen atoms in total. The maximum atomic E-state index is 13.6. The van der Waals surface area contributed by atoms with Gasteiger partial charge in [-0.25, -0.2) is 9.97 Å². The van der Waals surface area contributed by atoms with E-state index in [0.29, 0.717) is 49.5 Å². The highest BCUT2D eigenvalue weighted by Gasteiger charge is 2.31. The molecule has 0 bridgehead atoms. The van der Waals surface area contributed by atoms with E-state index >= 15 is 0 Å². The van der Waals surface area contributed by atoms with Gasteiger partial charge in [-0.15, -0.1) is 0 Å². The van der Waals surface area contributed by atoms with Crippen LogP contribution in [0.2, 0.25) is 5.02 Å². The van der Waals surface area contributed by atoms with Crippen LogP contribution in [0.1, 0.15) is 52.9 Å². The van der Waals surface area contributed by atoms with Gasteiger partial charge in [0.15, 0.2) is 11.5 Å². The van der Waals surface area contributed by atoms with Crippen LogP contribution in [-0.2, 0) is 0 Å². The molecule has 168 valence electrons. The fraction of sp³-hybridized carbons (Fsp3) is 0.391. The van der Waals surface area contributed by atoms with Crippen molar-refractivity contribution >= 4 is 34.5 Å². The fourth-order valence-electron chi connectivity index (χ4n) is 4.13. The average Bonchev–Trinajstić information content (AvgIpc) is 3.17. The number of amides is 2. The number of fused-ring (bicyclic) bond motifs is 1. The van der Waals surface area contributed by atoms with Gasteiger partial charge >= 0.3 is 0 Å². The molecule has 1 aliphatic rings. The number of halogens is 2. The number of carbonyl (C=O) groups is 2. The Morgan fingerprint density at radius 1 is 1.22 bits per heavy atom. The van der Waals surface area contributed by atoms with Crippen molar-refractivity contribution in [2.45, 2.75) is 39.2 Å². The summed E-state index contributed by atoms with van der Waals surface area (Å²) in [6.45, 7) is 5.26. The molecule has 2 aromatic heterocycles. The first kappa shape index (κ1) is 22.2. The molecule has 0 unspecified atom stereocenters. The zero-order chi connectivity index (χ0) is 22.8. The third kappa shape index (κ3) is 4.46. The van der Waals surface area contributed by atoms with E-state index in [0.717, 1.165) is 18.0 Å². The van der Waals surface area contributed by atoms with E-state index in [9.17, 15) is 14.0 Å². The molecule has 0 saturated carbocycles. The third-order valence-electron chi connectivity index (χ3n) is 5.67. The molecule has 1 saturated heterocycles. The second-order valence-electron chi connectivity index (χ2n) is 7.90. The van der Waals surface area contributed by atoms with Crippen molar-refractivity contribution in [3.63, 3.8) is 0 Å². The zero-order valence-electron chi connectivity index (χ0n) is 18.0. The van der Waals surface area contributed by atoms with Gasteiger partial charge in [0.05, 0.1) is 5.02 Å². The van der Waals surface area contributed by atoms with E-state index < -0.39 is 5.95 Å². The van der Waals surface area contributed by atoms with Crippen LogP contribution >= 0.6 is 11.6 Å². The van der Waals surface area contributed by atoms with Crippen LogP contribution in [0.3, 0.4) is 0 Å². The summed E-state index contributed by atoms with van der Waals surface area (Å²) in [7, 11) is 0. The lowest BCUT2D eigenvalue weighted by Crippen LogP contribution is -2.49. The van der Waals surface area contributed by atoms with E-state index in [2.05, 4.69) is 9.97 Å². The van der Waals surface area contributed by atoms with Gasteiger partial charge in [-0.05, 0) is 49.6 Å². The SMILES string of the molecule is CCCN(C(=O)c1nc(F)ccc1Cl)C1CCN(C(=O)c2ccc3nc(C)oc3c2)CC1. The molecule has 0 atom stereocenters. The Bertz CT molecular complexity index is 1160. The first-order valence-corrected chi connectivity index (χ1v) is 11.0. The molecule has 32 heavy (non-hydrogen) atoms. The van der Waals surface area contributed by atoms with Crippen LogP contribution in [0, 0.1) is 12.9 Å². The second-order valence-corrected chi connectivity index (χ2v) is 8.31. The summed E-state index contributed by atoms with van der Waals surface area (Å²) in [5, 5.41) is 0.128. The number of nitrogens with zero attached hydrogens (tertiary/aromatic N) is 4. The van der Waals surface area contributed by atoms with Crippen LogP contribution in [0.4, 0.5) is 4.39 Å². The molecule has 1 aromatic carbocycles. The molecular formula is C23H24ClFN4O3.